The first-order valence-corrected chi connectivity index (χ1v) is 17.4. The first kappa shape index (κ1) is 32.0. The molecule has 8 heteroatoms. The fraction of sp³-hybridized carbons (Fsp3) is 0.286. The Morgan fingerprint density at radius 1 is 0.460 bits per heavy atom. The molecule has 0 bridgehead atoms. The van der Waals surface area contributed by atoms with Gasteiger partial charge in [-0.3, -0.25) is 9.98 Å². The molecule has 0 aromatic heterocycles. The van der Waals surface area contributed by atoms with Crippen LogP contribution >= 0.6 is 0 Å². The molecule has 0 spiro atoms. The second-order valence-corrected chi connectivity index (χ2v) is 12.8. The van der Waals surface area contributed by atoms with Gasteiger partial charge in [0.25, 0.3) is 0 Å². The van der Waals surface area contributed by atoms with Crippen molar-refractivity contribution in [2.45, 2.75) is 37.9 Å². The van der Waals surface area contributed by atoms with Crippen molar-refractivity contribution in [1.82, 2.24) is 0 Å². The van der Waals surface area contributed by atoms with Crippen molar-refractivity contribution in [3.63, 3.8) is 0 Å². The van der Waals surface area contributed by atoms with Crippen molar-refractivity contribution in [1.29, 1.82) is 0 Å². The van der Waals surface area contributed by atoms with Crippen molar-refractivity contribution in [3.8, 4) is 23.0 Å². The zero-order valence-electron chi connectivity index (χ0n) is 28.0. The van der Waals surface area contributed by atoms with E-state index in [9.17, 15) is 0 Å². The average Bonchev–Trinajstić information content (AvgIpc) is 4.08. The van der Waals surface area contributed by atoms with Crippen LogP contribution in [-0.2, 0) is 9.47 Å². The second kappa shape index (κ2) is 15.2. The zero-order valence-corrected chi connectivity index (χ0v) is 28.0. The van der Waals surface area contributed by atoms with Crippen LogP contribution in [0, 0.1) is 0 Å². The number of unbranched alkanes of at least 4 members (excludes halogenated alkanes) is 1. The Morgan fingerprint density at radius 3 is 1.16 bits per heavy atom. The van der Waals surface area contributed by atoms with Gasteiger partial charge in [-0.15, -0.1) is 0 Å². The summed E-state index contributed by atoms with van der Waals surface area (Å²) in [7, 11) is 0. The van der Waals surface area contributed by atoms with Gasteiger partial charge < -0.3 is 28.4 Å². The van der Waals surface area contributed by atoms with Gasteiger partial charge in [-0.25, -0.2) is 0 Å². The lowest BCUT2D eigenvalue weighted by molar-refractivity contribution is 0.263. The molecule has 2 atom stereocenters. The maximum atomic E-state index is 6.00. The second-order valence-electron chi connectivity index (χ2n) is 12.8. The van der Waals surface area contributed by atoms with Crippen LogP contribution in [0.2, 0.25) is 0 Å². The minimum atomic E-state index is 0.254. The summed E-state index contributed by atoms with van der Waals surface area (Å²) in [5.41, 5.74) is 9.08. The van der Waals surface area contributed by atoms with Gasteiger partial charge >= 0.3 is 0 Å². The van der Waals surface area contributed by atoms with Crippen LogP contribution in [0.25, 0.3) is 11.1 Å². The smallest absolute Gasteiger partial charge is 0.119 e. The molecule has 8 rings (SSSR count). The van der Waals surface area contributed by atoms with E-state index in [-0.39, 0.29) is 12.2 Å². The Labute approximate surface area is 292 Å². The summed E-state index contributed by atoms with van der Waals surface area (Å²) in [6, 6.07) is 32.9. The Morgan fingerprint density at radius 2 is 0.800 bits per heavy atom. The molecular weight excluding hydrogens is 628 g/mol. The van der Waals surface area contributed by atoms with Gasteiger partial charge in [-0.05, 0) is 119 Å². The van der Waals surface area contributed by atoms with Gasteiger partial charge in [0.1, 0.15) is 48.4 Å². The number of aliphatic imine (C=N–C) groups is 2. The number of benzene rings is 4. The predicted octanol–water partition coefficient (Wildman–Crippen LogP) is 7.95. The molecule has 254 valence electrons. The highest BCUT2D eigenvalue weighted by molar-refractivity contribution is 6.09. The van der Waals surface area contributed by atoms with Gasteiger partial charge in [-0.2, -0.15) is 0 Å². The van der Waals surface area contributed by atoms with E-state index in [0.29, 0.717) is 26.4 Å². The molecular formula is C42H40N2O6. The third kappa shape index (κ3) is 8.51. The molecule has 2 saturated heterocycles. The maximum Gasteiger partial charge on any atom is 0.119 e. The molecule has 50 heavy (non-hydrogen) atoms. The van der Waals surface area contributed by atoms with Crippen LogP contribution in [0.1, 0.15) is 47.9 Å². The lowest BCUT2D eigenvalue weighted by Gasteiger charge is -2.10. The van der Waals surface area contributed by atoms with Gasteiger partial charge in [0, 0.05) is 25.2 Å². The molecule has 4 heterocycles. The summed E-state index contributed by atoms with van der Waals surface area (Å²) in [6.45, 7) is 4.11. The Balaban J connectivity index is 0.709. The van der Waals surface area contributed by atoms with E-state index < -0.39 is 0 Å². The number of nitrogens with zero attached hydrogens (tertiary/aromatic N) is 2. The standard InChI is InChI=1S/C42H40N2O6/c1(19-45-35-11-3-29(4-12-35)33-21-42(44-23-33)32-9-17-38(18-10-32)48-26-40-28-50-40)2-20-46-36-15-7-31(8-16-36)41-22-34(24-43-41)30-5-13-37(14-6-30)47-25-39-27-49-39/h3-18,23-24,39-40H,1-2,19-22,25-28H2. The fourth-order valence-corrected chi connectivity index (χ4v) is 5.87. The number of hydrogen-bond acceptors (Lipinski definition) is 8. The van der Waals surface area contributed by atoms with E-state index in [1.165, 1.54) is 11.1 Å². The van der Waals surface area contributed by atoms with Crippen molar-refractivity contribution in [3.05, 3.63) is 132 Å². The summed E-state index contributed by atoms with van der Waals surface area (Å²) in [4.78, 5) is 9.38. The van der Waals surface area contributed by atoms with Crippen molar-refractivity contribution < 1.29 is 28.4 Å². The van der Waals surface area contributed by atoms with E-state index in [4.69, 9.17) is 33.4 Å². The van der Waals surface area contributed by atoms with Crippen molar-refractivity contribution >= 4 is 22.6 Å². The fourth-order valence-electron chi connectivity index (χ4n) is 5.87. The number of epoxide rings is 2. The Hall–Kier alpha value is -5.18. The van der Waals surface area contributed by atoms with Crippen molar-refractivity contribution in [2.75, 3.05) is 39.6 Å². The molecule has 4 aliphatic heterocycles. The number of allylic oxidation sites excluding steroid dienone is 2. The zero-order chi connectivity index (χ0) is 33.5. The molecule has 2 unspecified atom stereocenters. The third-order valence-electron chi connectivity index (χ3n) is 9.05. The summed E-state index contributed by atoms with van der Waals surface area (Å²) in [6.07, 6.45) is 7.86. The van der Waals surface area contributed by atoms with Crippen LogP contribution < -0.4 is 18.9 Å². The molecule has 0 saturated carbocycles. The number of hydrogen-bond donors (Lipinski definition) is 0. The van der Waals surface area contributed by atoms with E-state index >= 15 is 0 Å². The van der Waals surface area contributed by atoms with Gasteiger partial charge in [0.15, 0.2) is 0 Å². The molecule has 0 N–H and O–H groups in total. The van der Waals surface area contributed by atoms with Gasteiger partial charge in [0.05, 0.1) is 37.9 Å². The minimum Gasteiger partial charge on any atom is -0.494 e. The molecule has 2 fully saturated rings. The molecule has 4 aromatic carbocycles. The quantitative estimate of drug-likeness (QED) is 0.0839. The molecule has 0 radical (unpaired) electrons. The van der Waals surface area contributed by atoms with E-state index in [0.717, 1.165) is 95.6 Å². The molecule has 0 amide bonds. The van der Waals surface area contributed by atoms with E-state index in [1.807, 2.05) is 60.9 Å². The number of ether oxygens (including phenoxy) is 6. The summed E-state index contributed by atoms with van der Waals surface area (Å²) in [5.74, 6) is 3.46. The predicted molar refractivity (Wildman–Crippen MR) is 195 cm³/mol. The average molecular weight is 669 g/mol. The topological polar surface area (TPSA) is 86.7 Å². The maximum absolute atomic E-state index is 6.00. The molecule has 0 aliphatic carbocycles. The highest BCUT2D eigenvalue weighted by Gasteiger charge is 2.24. The Kier molecular flexibility index (Phi) is 9.71. The Bertz CT molecular complexity index is 1750. The van der Waals surface area contributed by atoms with Crippen molar-refractivity contribution in [2.24, 2.45) is 9.98 Å². The van der Waals surface area contributed by atoms with Crippen LogP contribution in [0.4, 0.5) is 0 Å². The van der Waals surface area contributed by atoms with Crippen LogP contribution in [0.3, 0.4) is 0 Å². The minimum absolute atomic E-state index is 0.254. The van der Waals surface area contributed by atoms with Crippen LogP contribution in [-0.4, -0.2) is 63.3 Å². The lowest BCUT2D eigenvalue weighted by Crippen LogP contribution is -2.04. The highest BCUT2D eigenvalue weighted by atomic mass is 16.6. The van der Waals surface area contributed by atoms with Crippen LogP contribution in [0.5, 0.6) is 23.0 Å². The van der Waals surface area contributed by atoms with Gasteiger partial charge in [-0.1, -0.05) is 24.3 Å². The molecule has 4 aliphatic rings. The summed E-state index contributed by atoms with van der Waals surface area (Å²) < 4.78 is 33.9. The lowest BCUT2D eigenvalue weighted by atomic mass is 9.99. The van der Waals surface area contributed by atoms with Crippen LogP contribution in [0.15, 0.2) is 119 Å². The highest BCUT2D eigenvalue weighted by Crippen LogP contribution is 2.30. The monoisotopic (exact) mass is 668 g/mol. The van der Waals surface area contributed by atoms with E-state index in [2.05, 4.69) is 53.5 Å². The van der Waals surface area contributed by atoms with E-state index in [1.54, 1.807) is 0 Å². The summed E-state index contributed by atoms with van der Waals surface area (Å²) >= 11 is 0. The normalized spacial score (nSPS) is 18.9. The molecule has 4 aromatic rings. The number of rotatable bonds is 17. The largest absolute Gasteiger partial charge is 0.494 e. The summed E-state index contributed by atoms with van der Waals surface area (Å²) in [5, 5.41) is 0. The van der Waals surface area contributed by atoms with Gasteiger partial charge in [0.2, 0.25) is 0 Å². The first-order valence-electron chi connectivity index (χ1n) is 17.4. The third-order valence-corrected chi connectivity index (χ3v) is 9.05. The molecule has 8 nitrogen and oxygen atoms in total. The SMILES string of the molecule is C1=C(c2ccc(OCC3CO3)cc2)CC(c2ccc(OCCCCOc3ccc(C4=CN=C(c5ccc(OCC6CO6)cc5)C4)cc3)cc2)=N1. The first-order chi connectivity index (χ1) is 24.7.